The molecule has 0 saturated heterocycles. The lowest BCUT2D eigenvalue weighted by atomic mass is 10.0. The van der Waals surface area contributed by atoms with Gasteiger partial charge in [-0.05, 0) is 0 Å². The molecule has 0 amide bonds. The van der Waals surface area contributed by atoms with Crippen LogP contribution in [0.1, 0.15) is 20.9 Å². The van der Waals surface area contributed by atoms with Crippen molar-refractivity contribution in [2.45, 2.75) is 0 Å². The Balaban J connectivity index is 2.17. The van der Waals surface area contributed by atoms with E-state index in [0.717, 1.165) is 0 Å². The zero-order valence-electron chi connectivity index (χ0n) is 8.56. The van der Waals surface area contributed by atoms with Crippen LogP contribution in [0, 0.1) is 0 Å². The number of methoxy groups -OCH3 is 1. The highest BCUT2D eigenvalue weighted by atomic mass is 32.2. The van der Waals surface area contributed by atoms with Crippen LogP contribution < -0.4 is 0 Å². The second-order valence-corrected chi connectivity index (χ2v) is 4.25. The smallest absolute Gasteiger partial charge is 0.225 e. The lowest BCUT2D eigenvalue weighted by Gasteiger charge is -2.08. The van der Waals surface area contributed by atoms with Crippen molar-refractivity contribution >= 4 is 23.3 Å². The third-order valence-electron chi connectivity index (χ3n) is 2.07. The lowest BCUT2D eigenvalue weighted by Crippen LogP contribution is -2.13. The average Bonchev–Trinajstić information content (AvgIpc) is 2.75. The van der Waals surface area contributed by atoms with Gasteiger partial charge in [0.1, 0.15) is 0 Å². The molecule has 0 unspecified atom stereocenters. The average molecular weight is 239 g/mol. The third-order valence-corrected chi connectivity index (χ3v) is 3.05. The number of allylic oxidation sites excluding steroid dienone is 2. The topological polar surface area (TPSA) is 69.4 Å². The summed E-state index contributed by atoms with van der Waals surface area (Å²) in [5.41, 5.74) is 0.243. The number of hydrogen-bond acceptors (Lipinski definition) is 6. The molecule has 0 aromatic carbocycles. The molecule has 1 aliphatic carbocycles. The Kier molecular flexibility index (Phi) is 3.21. The van der Waals surface area contributed by atoms with E-state index in [1.807, 2.05) is 0 Å². The predicted octanol–water partition coefficient (Wildman–Crippen LogP) is 1.32. The van der Waals surface area contributed by atoms with Crippen molar-refractivity contribution in [2.75, 3.05) is 19.5 Å². The van der Waals surface area contributed by atoms with E-state index >= 15 is 0 Å². The number of fused-ring (bicyclic) bond motifs is 1. The molecule has 16 heavy (non-hydrogen) atoms. The van der Waals surface area contributed by atoms with Gasteiger partial charge in [-0.25, -0.2) is 0 Å². The molecular weight excluding hydrogens is 230 g/mol. The quantitative estimate of drug-likeness (QED) is 0.738. The van der Waals surface area contributed by atoms with E-state index in [1.54, 1.807) is 7.11 Å². The van der Waals surface area contributed by atoms with Crippen LogP contribution in [0.15, 0.2) is 21.7 Å². The Morgan fingerprint density at radius 3 is 3.06 bits per heavy atom. The number of carbonyl (C=O) groups excluding carboxylic acids is 2. The zero-order chi connectivity index (χ0) is 11.5. The fraction of sp³-hybridized carbons (Fsp3) is 0.300. The van der Waals surface area contributed by atoms with E-state index in [0.29, 0.717) is 17.3 Å². The first-order valence-electron chi connectivity index (χ1n) is 4.61. The highest BCUT2D eigenvalue weighted by Gasteiger charge is 2.29. The van der Waals surface area contributed by atoms with Crippen LogP contribution in [0.4, 0.5) is 0 Å². The molecule has 1 aromatic heterocycles. The van der Waals surface area contributed by atoms with Crippen molar-refractivity contribution in [3.8, 4) is 0 Å². The minimum Gasteiger partial charge on any atom is -0.384 e. The molecule has 0 atom stereocenters. The molecule has 0 N–H and O–H groups in total. The Hall–Kier alpha value is -1.40. The molecular formula is C10H9NO4S. The molecule has 0 bridgehead atoms. The molecule has 0 aliphatic heterocycles. The SMILES string of the molecule is COCCSC1=CC(=O)c2oncc2C1=O. The summed E-state index contributed by atoms with van der Waals surface area (Å²) in [6, 6.07) is 0. The van der Waals surface area contributed by atoms with Crippen LogP contribution >= 0.6 is 11.8 Å². The summed E-state index contributed by atoms with van der Waals surface area (Å²) in [5, 5.41) is 3.45. The van der Waals surface area contributed by atoms with Crippen LogP contribution in [0.3, 0.4) is 0 Å². The van der Waals surface area contributed by atoms with Crippen LogP contribution in [-0.2, 0) is 4.74 Å². The Morgan fingerprint density at radius 2 is 2.31 bits per heavy atom. The summed E-state index contributed by atoms with van der Waals surface area (Å²) >= 11 is 1.30. The highest BCUT2D eigenvalue weighted by Crippen LogP contribution is 2.27. The van der Waals surface area contributed by atoms with Gasteiger partial charge in [-0.1, -0.05) is 5.16 Å². The number of thioether (sulfide) groups is 1. The summed E-state index contributed by atoms with van der Waals surface area (Å²) in [6.07, 6.45) is 2.57. The molecule has 6 heteroatoms. The second-order valence-electron chi connectivity index (χ2n) is 3.11. The van der Waals surface area contributed by atoms with Crippen molar-refractivity contribution in [3.63, 3.8) is 0 Å². The molecule has 1 heterocycles. The van der Waals surface area contributed by atoms with Gasteiger partial charge in [0.15, 0.2) is 0 Å². The molecule has 2 rings (SSSR count). The van der Waals surface area contributed by atoms with E-state index in [2.05, 4.69) is 5.16 Å². The Morgan fingerprint density at radius 1 is 1.50 bits per heavy atom. The van der Waals surface area contributed by atoms with E-state index < -0.39 is 0 Å². The summed E-state index contributed by atoms with van der Waals surface area (Å²) in [6.45, 7) is 0.528. The Labute approximate surface area is 95.8 Å². The predicted molar refractivity (Wildman–Crippen MR) is 57.6 cm³/mol. The number of carbonyl (C=O) groups is 2. The lowest BCUT2D eigenvalue weighted by molar-refractivity contribution is 0.0967. The van der Waals surface area contributed by atoms with Gasteiger partial charge in [0.2, 0.25) is 17.3 Å². The summed E-state index contributed by atoms with van der Waals surface area (Å²) in [4.78, 5) is 23.8. The largest absolute Gasteiger partial charge is 0.384 e. The molecule has 0 spiro atoms. The summed E-state index contributed by atoms with van der Waals surface area (Å²) in [7, 11) is 1.58. The van der Waals surface area contributed by atoms with E-state index in [9.17, 15) is 9.59 Å². The number of ketones is 2. The van der Waals surface area contributed by atoms with Crippen LogP contribution in [-0.4, -0.2) is 36.2 Å². The van der Waals surface area contributed by atoms with Crippen molar-refractivity contribution in [1.29, 1.82) is 0 Å². The van der Waals surface area contributed by atoms with Gasteiger partial charge < -0.3 is 9.26 Å². The van der Waals surface area contributed by atoms with Crippen molar-refractivity contribution in [3.05, 3.63) is 28.5 Å². The number of Topliss-reactive ketones (excluding diaryl/α,β-unsaturated/α-hetero) is 1. The first kappa shape index (κ1) is 11.1. The Bertz CT molecular complexity index is 463. The maximum Gasteiger partial charge on any atom is 0.225 e. The normalized spacial score (nSPS) is 14.9. The van der Waals surface area contributed by atoms with E-state index in [-0.39, 0.29) is 22.9 Å². The van der Waals surface area contributed by atoms with Crippen LogP contribution in [0.2, 0.25) is 0 Å². The summed E-state index contributed by atoms with van der Waals surface area (Å²) in [5.74, 6) is 0.132. The molecule has 1 aromatic rings. The number of rotatable bonds is 4. The second kappa shape index (κ2) is 4.63. The standard InChI is InChI=1S/C10H9NO4S/c1-14-2-3-16-8-4-7(12)10-6(9(8)13)5-11-15-10/h4-5H,2-3H2,1H3. The van der Waals surface area contributed by atoms with Gasteiger partial charge in [-0.2, -0.15) is 0 Å². The molecule has 1 aliphatic rings. The van der Waals surface area contributed by atoms with E-state index in [1.165, 1.54) is 24.0 Å². The van der Waals surface area contributed by atoms with Gasteiger partial charge in [-0.3, -0.25) is 9.59 Å². The molecule has 84 valence electrons. The fourth-order valence-electron chi connectivity index (χ4n) is 1.30. The minimum atomic E-state index is -0.313. The highest BCUT2D eigenvalue weighted by molar-refractivity contribution is 8.04. The number of nitrogens with zero attached hydrogens (tertiary/aromatic N) is 1. The van der Waals surface area contributed by atoms with Gasteiger partial charge in [0.05, 0.1) is 23.3 Å². The van der Waals surface area contributed by atoms with Gasteiger partial charge >= 0.3 is 0 Å². The van der Waals surface area contributed by atoms with Crippen molar-refractivity contribution in [1.82, 2.24) is 5.16 Å². The first-order valence-corrected chi connectivity index (χ1v) is 5.59. The number of aromatic nitrogens is 1. The van der Waals surface area contributed by atoms with Gasteiger partial charge in [-0.15, -0.1) is 11.8 Å². The third kappa shape index (κ3) is 1.94. The maximum atomic E-state index is 11.8. The van der Waals surface area contributed by atoms with Gasteiger partial charge in [0, 0.05) is 18.9 Å². The number of ether oxygens (including phenoxy) is 1. The molecule has 0 fully saturated rings. The summed E-state index contributed by atoms with van der Waals surface area (Å²) < 4.78 is 9.59. The fourth-order valence-corrected chi connectivity index (χ4v) is 2.21. The number of hydrogen-bond donors (Lipinski definition) is 0. The first-order chi connectivity index (χ1) is 7.74. The van der Waals surface area contributed by atoms with Crippen molar-refractivity contribution in [2.24, 2.45) is 0 Å². The minimum absolute atomic E-state index is 0.0288. The van der Waals surface area contributed by atoms with Gasteiger partial charge in [0.25, 0.3) is 0 Å². The molecule has 0 saturated carbocycles. The van der Waals surface area contributed by atoms with Crippen molar-refractivity contribution < 1.29 is 18.8 Å². The maximum absolute atomic E-state index is 11.8. The molecule has 5 nitrogen and oxygen atoms in total. The van der Waals surface area contributed by atoms with E-state index in [4.69, 9.17) is 9.26 Å². The van der Waals surface area contributed by atoms with Crippen LogP contribution in [0.25, 0.3) is 0 Å². The monoisotopic (exact) mass is 239 g/mol. The van der Waals surface area contributed by atoms with Crippen LogP contribution in [0.5, 0.6) is 0 Å². The zero-order valence-corrected chi connectivity index (χ0v) is 9.37. The molecule has 0 radical (unpaired) electrons.